The zero-order chi connectivity index (χ0) is 15.8. The van der Waals surface area contributed by atoms with E-state index in [0.29, 0.717) is 13.0 Å². The lowest BCUT2D eigenvalue weighted by molar-refractivity contribution is -0.121. The first-order valence-corrected chi connectivity index (χ1v) is 7.42. The van der Waals surface area contributed by atoms with Gasteiger partial charge < -0.3 is 15.7 Å². The number of aromatic nitrogens is 2. The Hall–Kier alpha value is -2.34. The largest absolute Gasteiger partial charge is 0.394 e. The van der Waals surface area contributed by atoms with Gasteiger partial charge >= 0.3 is 0 Å². The maximum atomic E-state index is 11.9. The van der Waals surface area contributed by atoms with Crippen LogP contribution in [0.2, 0.25) is 0 Å². The van der Waals surface area contributed by atoms with Gasteiger partial charge in [0.25, 0.3) is 0 Å². The molecule has 0 saturated heterocycles. The number of rotatable bonds is 8. The van der Waals surface area contributed by atoms with E-state index in [1.54, 1.807) is 6.20 Å². The van der Waals surface area contributed by atoms with Crippen LogP contribution in [0, 0.1) is 0 Å². The van der Waals surface area contributed by atoms with Gasteiger partial charge in [0.1, 0.15) is 0 Å². The second-order valence-electron chi connectivity index (χ2n) is 5.16. The molecule has 6 nitrogen and oxygen atoms in total. The highest BCUT2D eigenvalue weighted by Gasteiger charge is 2.09. The smallest absolute Gasteiger partial charge is 0.224 e. The van der Waals surface area contributed by atoms with Crippen molar-refractivity contribution in [3.63, 3.8) is 0 Å². The van der Waals surface area contributed by atoms with Crippen LogP contribution in [0.3, 0.4) is 0 Å². The molecule has 1 heterocycles. The number of aliphatic hydroxyl groups is 1. The maximum Gasteiger partial charge on any atom is 0.224 e. The first-order chi connectivity index (χ1) is 10.7. The Balaban J connectivity index is 1.82. The van der Waals surface area contributed by atoms with Gasteiger partial charge in [0, 0.05) is 11.9 Å². The van der Waals surface area contributed by atoms with Crippen LogP contribution in [0.25, 0.3) is 0 Å². The van der Waals surface area contributed by atoms with Crippen molar-refractivity contribution in [2.24, 2.45) is 0 Å². The van der Waals surface area contributed by atoms with Gasteiger partial charge in [0.15, 0.2) is 0 Å². The van der Waals surface area contributed by atoms with Gasteiger partial charge in [0.2, 0.25) is 5.91 Å². The Morgan fingerprint density at radius 1 is 1.32 bits per heavy atom. The summed E-state index contributed by atoms with van der Waals surface area (Å²) in [6.45, 7) is 2.58. The van der Waals surface area contributed by atoms with Gasteiger partial charge in [-0.2, -0.15) is 5.10 Å². The number of hydrogen-bond acceptors (Lipinski definition) is 4. The third-order valence-electron chi connectivity index (χ3n) is 3.44. The van der Waals surface area contributed by atoms with Crippen LogP contribution in [0.5, 0.6) is 0 Å². The lowest BCUT2D eigenvalue weighted by Gasteiger charge is -2.14. The molecule has 2 rings (SSSR count). The van der Waals surface area contributed by atoms with Gasteiger partial charge in [-0.05, 0) is 30.2 Å². The van der Waals surface area contributed by atoms with E-state index >= 15 is 0 Å². The van der Waals surface area contributed by atoms with Crippen molar-refractivity contribution < 1.29 is 9.90 Å². The fraction of sp³-hybridized carbons (Fsp3) is 0.375. The van der Waals surface area contributed by atoms with Gasteiger partial charge in [-0.1, -0.05) is 19.1 Å². The van der Waals surface area contributed by atoms with Crippen LogP contribution in [0.1, 0.15) is 24.6 Å². The average molecular weight is 302 g/mol. The number of anilines is 1. The van der Waals surface area contributed by atoms with E-state index in [1.807, 2.05) is 37.3 Å². The summed E-state index contributed by atoms with van der Waals surface area (Å²) in [5.41, 5.74) is 2.94. The zero-order valence-electron chi connectivity index (χ0n) is 12.7. The quantitative estimate of drug-likeness (QED) is 0.594. The fourth-order valence-corrected chi connectivity index (χ4v) is 2.06. The average Bonchev–Trinajstić information content (AvgIpc) is 3.05. The SMILES string of the molecule is CCC(CO)NC(=O)Cc1ccc(NCc2ccn[nH]2)cc1. The number of nitrogens with one attached hydrogen (secondary N) is 3. The van der Waals surface area contributed by atoms with Gasteiger partial charge in [-0.25, -0.2) is 0 Å². The third kappa shape index (κ3) is 4.89. The molecule has 1 aromatic carbocycles. The Kier molecular flexibility index (Phi) is 5.97. The molecule has 22 heavy (non-hydrogen) atoms. The highest BCUT2D eigenvalue weighted by Crippen LogP contribution is 2.11. The number of benzene rings is 1. The minimum Gasteiger partial charge on any atom is -0.394 e. The van der Waals surface area contributed by atoms with Gasteiger partial charge in [0.05, 0.1) is 31.3 Å². The number of H-pyrrole nitrogens is 1. The predicted molar refractivity (Wildman–Crippen MR) is 85.4 cm³/mol. The van der Waals surface area contributed by atoms with E-state index in [4.69, 9.17) is 5.11 Å². The number of carbonyl (C=O) groups excluding carboxylic acids is 1. The molecular formula is C16H22N4O2. The van der Waals surface area contributed by atoms with E-state index in [9.17, 15) is 4.79 Å². The van der Waals surface area contributed by atoms with Crippen LogP contribution in [-0.4, -0.2) is 33.9 Å². The molecule has 1 unspecified atom stereocenters. The van der Waals surface area contributed by atoms with Crippen LogP contribution in [0.4, 0.5) is 5.69 Å². The second kappa shape index (κ2) is 8.19. The molecule has 0 saturated carbocycles. The van der Waals surface area contributed by atoms with Crippen LogP contribution in [-0.2, 0) is 17.8 Å². The van der Waals surface area contributed by atoms with Crippen molar-refractivity contribution in [1.29, 1.82) is 0 Å². The summed E-state index contributed by atoms with van der Waals surface area (Å²) in [6, 6.07) is 9.49. The summed E-state index contributed by atoms with van der Waals surface area (Å²) in [6.07, 6.45) is 2.75. The number of hydrogen-bond donors (Lipinski definition) is 4. The molecule has 0 fully saturated rings. The molecule has 0 radical (unpaired) electrons. The predicted octanol–water partition coefficient (Wildman–Crippen LogP) is 1.45. The number of nitrogens with zero attached hydrogens (tertiary/aromatic N) is 1. The van der Waals surface area contributed by atoms with Crippen LogP contribution in [0.15, 0.2) is 36.5 Å². The Labute approximate surface area is 129 Å². The Bertz CT molecular complexity index is 562. The third-order valence-corrected chi connectivity index (χ3v) is 3.44. The van der Waals surface area contributed by atoms with E-state index in [0.717, 1.165) is 23.4 Å². The van der Waals surface area contributed by atoms with E-state index in [1.165, 1.54) is 0 Å². The first-order valence-electron chi connectivity index (χ1n) is 7.42. The zero-order valence-corrected chi connectivity index (χ0v) is 12.7. The first kappa shape index (κ1) is 16.0. The topological polar surface area (TPSA) is 90.0 Å². The molecule has 4 N–H and O–H groups in total. The molecule has 2 aromatic rings. The van der Waals surface area contributed by atoms with Crippen molar-refractivity contribution in [2.45, 2.75) is 32.4 Å². The summed E-state index contributed by atoms with van der Waals surface area (Å²) >= 11 is 0. The molecule has 0 aliphatic carbocycles. The van der Waals surface area contributed by atoms with E-state index < -0.39 is 0 Å². The van der Waals surface area contributed by atoms with E-state index in [-0.39, 0.29) is 18.6 Å². The lowest BCUT2D eigenvalue weighted by Crippen LogP contribution is -2.37. The Morgan fingerprint density at radius 3 is 2.68 bits per heavy atom. The number of aliphatic hydroxyl groups excluding tert-OH is 1. The normalized spacial score (nSPS) is 11.9. The molecular weight excluding hydrogens is 280 g/mol. The minimum absolute atomic E-state index is 0.0291. The molecule has 1 aromatic heterocycles. The molecule has 6 heteroatoms. The molecule has 0 spiro atoms. The summed E-state index contributed by atoms with van der Waals surface area (Å²) < 4.78 is 0. The lowest BCUT2D eigenvalue weighted by atomic mass is 10.1. The van der Waals surface area contributed by atoms with Crippen LogP contribution >= 0.6 is 0 Å². The second-order valence-corrected chi connectivity index (χ2v) is 5.16. The number of amides is 1. The summed E-state index contributed by atoms with van der Waals surface area (Å²) in [5, 5.41) is 21.9. The van der Waals surface area contributed by atoms with Gasteiger partial charge in [-0.15, -0.1) is 0 Å². The van der Waals surface area contributed by atoms with Crippen molar-refractivity contribution in [1.82, 2.24) is 15.5 Å². The number of carbonyl (C=O) groups is 1. The molecule has 0 aliphatic heterocycles. The summed E-state index contributed by atoms with van der Waals surface area (Å²) in [7, 11) is 0. The standard InChI is InChI=1S/C16H22N4O2/c1-2-13(11-21)19-16(22)9-12-3-5-14(6-4-12)17-10-15-7-8-18-20-15/h3-8,13,17,21H,2,9-11H2,1H3,(H,18,20)(H,19,22). The molecule has 1 atom stereocenters. The van der Waals surface area contributed by atoms with E-state index in [2.05, 4.69) is 20.8 Å². The molecule has 0 bridgehead atoms. The molecule has 1 amide bonds. The van der Waals surface area contributed by atoms with Gasteiger partial charge in [-0.3, -0.25) is 9.89 Å². The number of aromatic amines is 1. The van der Waals surface area contributed by atoms with Crippen molar-refractivity contribution in [3.05, 3.63) is 47.8 Å². The molecule has 0 aliphatic rings. The highest BCUT2D eigenvalue weighted by molar-refractivity contribution is 5.79. The fourth-order valence-electron chi connectivity index (χ4n) is 2.06. The van der Waals surface area contributed by atoms with Crippen LogP contribution < -0.4 is 10.6 Å². The summed E-state index contributed by atoms with van der Waals surface area (Å²) in [5.74, 6) is -0.0703. The van der Waals surface area contributed by atoms with Crippen molar-refractivity contribution in [2.75, 3.05) is 11.9 Å². The summed E-state index contributed by atoms with van der Waals surface area (Å²) in [4.78, 5) is 11.9. The molecule has 118 valence electrons. The Morgan fingerprint density at radius 2 is 2.09 bits per heavy atom. The van der Waals surface area contributed by atoms with Crippen molar-refractivity contribution in [3.8, 4) is 0 Å². The maximum absolute atomic E-state index is 11.9. The highest BCUT2D eigenvalue weighted by atomic mass is 16.3. The monoisotopic (exact) mass is 302 g/mol. The minimum atomic E-state index is -0.164. The van der Waals surface area contributed by atoms with Crippen molar-refractivity contribution >= 4 is 11.6 Å².